The van der Waals surface area contributed by atoms with Crippen LogP contribution < -0.4 is 4.74 Å². The zero-order chi connectivity index (χ0) is 12.0. The number of carbonyl (C=O) groups excluding carboxylic acids is 1. The molecule has 86 valence electrons. The van der Waals surface area contributed by atoms with Crippen LogP contribution in [-0.2, 0) is 4.79 Å². The highest BCUT2D eigenvalue weighted by atomic mass is 16.5. The van der Waals surface area contributed by atoms with Crippen molar-refractivity contribution in [1.29, 1.82) is 0 Å². The Kier molecular flexibility index (Phi) is 4.58. The monoisotopic (exact) mass is 219 g/mol. The highest BCUT2D eigenvalue weighted by Crippen LogP contribution is 2.11. The van der Waals surface area contributed by atoms with Crippen molar-refractivity contribution in [1.82, 2.24) is 4.90 Å². The molecule has 0 saturated heterocycles. The van der Waals surface area contributed by atoms with E-state index < -0.39 is 6.10 Å². The Labute approximate surface area is 96.3 Å². The molecular weight excluding hydrogens is 202 g/mol. The molecule has 0 aliphatic heterocycles. The lowest BCUT2D eigenvalue weighted by molar-refractivity contribution is -0.120. The molecule has 0 saturated carbocycles. The van der Waals surface area contributed by atoms with E-state index in [4.69, 9.17) is 4.74 Å². The van der Waals surface area contributed by atoms with Gasteiger partial charge >= 0.3 is 0 Å². The van der Waals surface area contributed by atoms with Crippen molar-refractivity contribution in [3.8, 4) is 5.75 Å². The number of hydrogen-bond acceptors (Lipinski definition) is 3. The van der Waals surface area contributed by atoms with Crippen LogP contribution in [0.4, 0.5) is 0 Å². The number of hydrogen-bond donors (Lipinski definition) is 0. The molecule has 16 heavy (non-hydrogen) atoms. The van der Waals surface area contributed by atoms with Crippen molar-refractivity contribution in [3.63, 3.8) is 0 Å². The van der Waals surface area contributed by atoms with Gasteiger partial charge in [-0.15, -0.1) is 0 Å². The maximum atomic E-state index is 11.6. The van der Waals surface area contributed by atoms with E-state index in [1.165, 1.54) is 6.08 Å². The highest BCUT2D eigenvalue weighted by Gasteiger charge is 2.10. The molecule has 0 aliphatic carbocycles. The summed E-state index contributed by atoms with van der Waals surface area (Å²) in [7, 11) is 3.74. The van der Waals surface area contributed by atoms with Gasteiger partial charge < -0.3 is 9.64 Å². The minimum atomic E-state index is -0.460. The van der Waals surface area contributed by atoms with E-state index >= 15 is 0 Å². The van der Waals surface area contributed by atoms with Crippen molar-refractivity contribution in [2.75, 3.05) is 14.1 Å². The maximum absolute atomic E-state index is 11.6. The summed E-state index contributed by atoms with van der Waals surface area (Å²) in [6.07, 6.45) is 2.78. The predicted molar refractivity (Wildman–Crippen MR) is 64.4 cm³/mol. The minimum Gasteiger partial charge on any atom is -0.483 e. The first-order valence-electron chi connectivity index (χ1n) is 5.20. The van der Waals surface area contributed by atoms with Gasteiger partial charge in [0.05, 0.1) is 0 Å². The van der Waals surface area contributed by atoms with Gasteiger partial charge in [0.25, 0.3) is 0 Å². The second kappa shape index (κ2) is 5.95. The van der Waals surface area contributed by atoms with Crippen LogP contribution in [0, 0.1) is 0 Å². The van der Waals surface area contributed by atoms with Gasteiger partial charge in [-0.25, -0.2) is 0 Å². The lowest BCUT2D eigenvalue weighted by atomic mass is 10.2. The molecule has 1 rings (SSSR count). The first-order valence-corrected chi connectivity index (χ1v) is 5.20. The summed E-state index contributed by atoms with van der Waals surface area (Å²) in [5.41, 5.74) is 0. The summed E-state index contributed by atoms with van der Waals surface area (Å²) in [6, 6.07) is 9.33. The summed E-state index contributed by atoms with van der Waals surface area (Å²) in [5.74, 6) is 0.666. The van der Waals surface area contributed by atoms with Crippen molar-refractivity contribution in [2.45, 2.75) is 13.0 Å². The summed E-state index contributed by atoms with van der Waals surface area (Å²) in [4.78, 5) is 13.4. The third-order valence-corrected chi connectivity index (χ3v) is 1.99. The lowest BCUT2D eigenvalue weighted by Gasteiger charge is -2.12. The SMILES string of the molecule is C[C@@H](Oc1ccccc1)C(=O)/C=C\N(C)C. The van der Waals surface area contributed by atoms with E-state index in [9.17, 15) is 4.79 Å². The van der Waals surface area contributed by atoms with Gasteiger partial charge in [-0.1, -0.05) is 18.2 Å². The van der Waals surface area contributed by atoms with Crippen LogP contribution in [0.2, 0.25) is 0 Å². The number of para-hydroxylation sites is 1. The fraction of sp³-hybridized carbons (Fsp3) is 0.308. The number of rotatable bonds is 5. The molecule has 3 nitrogen and oxygen atoms in total. The number of ether oxygens (including phenoxy) is 1. The molecule has 1 aromatic carbocycles. The molecule has 1 atom stereocenters. The van der Waals surface area contributed by atoms with Crippen LogP contribution in [0.1, 0.15) is 6.92 Å². The van der Waals surface area contributed by atoms with Crippen molar-refractivity contribution in [2.24, 2.45) is 0 Å². The van der Waals surface area contributed by atoms with E-state index in [1.807, 2.05) is 49.3 Å². The molecule has 3 heteroatoms. The van der Waals surface area contributed by atoms with E-state index in [0.717, 1.165) is 0 Å². The number of ketones is 1. The fourth-order valence-electron chi connectivity index (χ4n) is 1.12. The lowest BCUT2D eigenvalue weighted by Crippen LogP contribution is -2.22. The van der Waals surface area contributed by atoms with Gasteiger partial charge in [0.2, 0.25) is 0 Å². The fourth-order valence-corrected chi connectivity index (χ4v) is 1.12. The van der Waals surface area contributed by atoms with E-state index in [1.54, 1.807) is 13.1 Å². The molecular formula is C13H17NO2. The van der Waals surface area contributed by atoms with Crippen LogP contribution in [0.5, 0.6) is 5.75 Å². The van der Waals surface area contributed by atoms with Crippen molar-refractivity contribution < 1.29 is 9.53 Å². The van der Waals surface area contributed by atoms with Crippen molar-refractivity contribution >= 4 is 5.78 Å². The Morgan fingerprint density at radius 2 is 1.94 bits per heavy atom. The van der Waals surface area contributed by atoms with Crippen LogP contribution >= 0.6 is 0 Å². The first kappa shape index (κ1) is 12.3. The quantitative estimate of drug-likeness (QED) is 0.710. The molecule has 0 radical (unpaired) electrons. The smallest absolute Gasteiger partial charge is 0.197 e. The van der Waals surface area contributed by atoms with Gasteiger partial charge in [0.15, 0.2) is 11.9 Å². The van der Waals surface area contributed by atoms with Gasteiger partial charge in [0.1, 0.15) is 5.75 Å². The molecule has 0 aromatic heterocycles. The first-order chi connectivity index (χ1) is 7.59. The van der Waals surface area contributed by atoms with Crippen LogP contribution in [0.15, 0.2) is 42.6 Å². The Balaban J connectivity index is 2.53. The zero-order valence-corrected chi connectivity index (χ0v) is 9.88. The van der Waals surface area contributed by atoms with Gasteiger partial charge in [-0.3, -0.25) is 4.79 Å². The number of carbonyl (C=O) groups is 1. The van der Waals surface area contributed by atoms with Crippen LogP contribution in [0.25, 0.3) is 0 Å². The minimum absolute atomic E-state index is 0.0439. The summed E-state index contributed by atoms with van der Waals surface area (Å²) >= 11 is 0. The van der Waals surface area contributed by atoms with Crippen LogP contribution in [0.3, 0.4) is 0 Å². The standard InChI is InChI=1S/C13H17NO2/c1-11(13(15)9-10-14(2)3)16-12-7-5-4-6-8-12/h4-11H,1-3H3/b10-9-/t11-/m1/s1. The second-order valence-electron chi connectivity index (χ2n) is 3.75. The third kappa shape index (κ3) is 4.17. The second-order valence-corrected chi connectivity index (χ2v) is 3.75. The third-order valence-electron chi connectivity index (χ3n) is 1.99. The summed E-state index contributed by atoms with van der Waals surface area (Å²) in [5, 5.41) is 0. The number of nitrogens with zero attached hydrogens (tertiary/aromatic N) is 1. The Morgan fingerprint density at radius 1 is 1.31 bits per heavy atom. The Hall–Kier alpha value is -1.77. The van der Waals surface area contributed by atoms with Crippen LogP contribution in [-0.4, -0.2) is 30.9 Å². The summed E-state index contributed by atoms with van der Waals surface area (Å²) < 4.78 is 5.49. The Morgan fingerprint density at radius 3 is 2.50 bits per heavy atom. The molecule has 0 N–H and O–H groups in total. The predicted octanol–water partition coefficient (Wildman–Crippen LogP) is 2.10. The molecule has 0 unspecified atom stereocenters. The molecule has 0 amide bonds. The molecule has 1 aromatic rings. The highest BCUT2D eigenvalue weighted by molar-refractivity contribution is 5.93. The molecule has 0 bridgehead atoms. The number of benzene rings is 1. The molecule has 0 heterocycles. The average molecular weight is 219 g/mol. The van der Waals surface area contributed by atoms with E-state index in [2.05, 4.69) is 0 Å². The van der Waals surface area contributed by atoms with E-state index in [0.29, 0.717) is 5.75 Å². The average Bonchev–Trinajstić information content (AvgIpc) is 2.27. The largest absolute Gasteiger partial charge is 0.483 e. The molecule has 0 fully saturated rings. The van der Waals surface area contributed by atoms with E-state index in [-0.39, 0.29) is 5.78 Å². The molecule has 0 spiro atoms. The summed E-state index contributed by atoms with van der Waals surface area (Å²) in [6.45, 7) is 1.75. The molecule has 0 aliphatic rings. The topological polar surface area (TPSA) is 29.5 Å². The zero-order valence-electron chi connectivity index (χ0n) is 9.88. The van der Waals surface area contributed by atoms with Gasteiger partial charge in [-0.05, 0) is 19.1 Å². The van der Waals surface area contributed by atoms with Crippen molar-refractivity contribution in [3.05, 3.63) is 42.6 Å². The van der Waals surface area contributed by atoms with Gasteiger partial charge in [-0.2, -0.15) is 0 Å². The van der Waals surface area contributed by atoms with Gasteiger partial charge in [0, 0.05) is 26.4 Å². The normalized spacial score (nSPS) is 12.4. The maximum Gasteiger partial charge on any atom is 0.197 e. The Bertz CT molecular complexity index is 357.